The highest BCUT2D eigenvalue weighted by Gasteiger charge is 2.10. The number of hydrogen-bond acceptors (Lipinski definition) is 1. The summed E-state index contributed by atoms with van der Waals surface area (Å²) in [6.07, 6.45) is 0. The summed E-state index contributed by atoms with van der Waals surface area (Å²) in [6, 6.07) is 5.88. The minimum Gasteiger partial charge on any atom is -0.492 e. The van der Waals surface area contributed by atoms with Gasteiger partial charge in [-0.15, -0.1) is 0 Å². The zero-order valence-electron chi connectivity index (χ0n) is 8.30. The van der Waals surface area contributed by atoms with Crippen LogP contribution in [0, 0.1) is 0 Å². The van der Waals surface area contributed by atoms with Gasteiger partial charge in [0.25, 0.3) is 0 Å². The van der Waals surface area contributed by atoms with Crippen molar-refractivity contribution in [3.63, 3.8) is 0 Å². The molecule has 0 unspecified atom stereocenters. The van der Waals surface area contributed by atoms with Crippen LogP contribution >= 0.6 is 11.6 Å². The van der Waals surface area contributed by atoms with Crippen LogP contribution in [-0.2, 0) is 0 Å². The van der Waals surface area contributed by atoms with E-state index in [1.54, 1.807) is 0 Å². The van der Waals surface area contributed by atoms with Gasteiger partial charge >= 0.3 is 0 Å². The van der Waals surface area contributed by atoms with Gasteiger partial charge in [0.15, 0.2) is 0 Å². The van der Waals surface area contributed by atoms with Gasteiger partial charge in [-0.25, -0.2) is 0 Å². The van der Waals surface area contributed by atoms with Crippen molar-refractivity contribution in [2.75, 3.05) is 6.61 Å². The molecule has 2 heteroatoms. The molecule has 1 rings (SSSR count). The Balaban J connectivity index is 3.09. The molecule has 0 aliphatic heterocycles. The lowest BCUT2D eigenvalue weighted by atomic mass is 10.0. The molecule has 1 aromatic carbocycles. The van der Waals surface area contributed by atoms with Crippen LogP contribution in [0.3, 0.4) is 0 Å². The van der Waals surface area contributed by atoms with E-state index >= 15 is 0 Å². The number of ether oxygens (including phenoxy) is 1. The van der Waals surface area contributed by atoms with Gasteiger partial charge in [-0.05, 0) is 24.5 Å². The Bertz CT molecular complexity index is 281. The lowest BCUT2D eigenvalue weighted by Crippen LogP contribution is -1.98. The molecular formula is C11H15ClO. The third kappa shape index (κ3) is 2.38. The summed E-state index contributed by atoms with van der Waals surface area (Å²) in [5, 5.41) is 0.702. The molecule has 0 atom stereocenters. The summed E-state index contributed by atoms with van der Waals surface area (Å²) < 4.78 is 5.50. The van der Waals surface area contributed by atoms with E-state index in [9.17, 15) is 0 Å². The van der Waals surface area contributed by atoms with E-state index in [0.29, 0.717) is 17.5 Å². The van der Waals surface area contributed by atoms with Gasteiger partial charge < -0.3 is 4.74 Å². The van der Waals surface area contributed by atoms with Gasteiger partial charge in [0.05, 0.1) is 11.6 Å². The second-order valence-corrected chi connectivity index (χ2v) is 3.65. The number of hydrogen-bond donors (Lipinski definition) is 0. The van der Waals surface area contributed by atoms with Crippen molar-refractivity contribution in [3.05, 3.63) is 28.8 Å². The summed E-state index contributed by atoms with van der Waals surface area (Å²) in [7, 11) is 0. The van der Waals surface area contributed by atoms with E-state index in [1.807, 2.05) is 19.1 Å². The minimum atomic E-state index is 0.445. The molecule has 72 valence electrons. The largest absolute Gasteiger partial charge is 0.492 e. The second kappa shape index (κ2) is 4.52. The molecule has 0 fully saturated rings. The Morgan fingerprint density at radius 1 is 1.38 bits per heavy atom. The topological polar surface area (TPSA) is 9.23 Å². The first-order valence-corrected chi connectivity index (χ1v) is 4.95. The zero-order valence-corrected chi connectivity index (χ0v) is 9.06. The molecule has 0 spiro atoms. The van der Waals surface area contributed by atoms with Crippen molar-refractivity contribution in [1.82, 2.24) is 0 Å². The molecule has 1 aromatic rings. The molecule has 0 heterocycles. The molecule has 0 aliphatic rings. The maximum Gasteiger partial charge on any atom is 0.141 e. The fraction of sp³-hybridized carbons (Fsp3) is 0.455. The molecule has 0 saturated carbocycles. The lowest BCUT2D eigenvalue weighted by Gasteiger charge is -2.13. The number of para-hydroxylation sites is 1. The summed E-state index contributed by atoms with van der Waals surface area (Å²) in [4.78, 5) is 0. The molecule has 13 heavy (non-hydrogen) atoms. The molecule has 0 bridgehead atoms. The SMILES string of the molecule is CCOc1c(Cl)cccc1C(C)C. The Kier molecular flexibility index (Phi) is 3.61. The van der Waals surface area contributed by atoms with Crippen molar-refractivity contribution in [3.8, 4) is 5.75 Å². The monoisotopic (exact) mass is 198 g/mol. The normalized spacial score (nSPS) is 10.5. The predicted molar refractivity (Wildman–Crippen MR) is 56.7 cm³/mol. The Labute approximate surface area is 84.7 Å². The third-order valence-electron chi connectivity index (χ3n) is 1.91. The predicted octanol–water partition coefficient (Wildman–Crippen LogP) is 3.86. The van der Waals surface area contributed by atoms with E-state index in [2.05, 4.69) is 19.9 Å². The number of halogens is 1. The summed E-state index contributed by atoms with van der Waals surface area (Å²) >= 11 is 6.03. The highest BCUT2D eigenvalue weighted by Crippen LogP contribution is 2.33. The lowest BCUT2D eigenvalue weighted by molar-refractivity contribution is 0.335. The molecule has 0 saturated heterocycles. The Hall–Kier alpha value is -0.690. The minimum absolute atomic E-state index is 0.445. The Morgan fingerprint density at radius 3 is 2.62 bits per heavy atom. The molecular weight excluding hydrogens is 184 g/mol. The first-order valence-electron chi connectivity index (χ1n) is 4.58. The van der Waals surface area contributed by atoms with Crippen LogP contribution in [0.1, 0.15) is 32.3 Å². The summed E-state index contributed by atoms with van der Waals surface area (Å²) in [6.45, 7) is 6.89. The molecule has 0 amide bonds. The second-order valence-electron chi connectivity index (χ2n) is 3.25. The van der Waals surface area contributed by atoms with Crippen LogP contribution in [0.25, 0.3) is 0 Å². The molecule has 0 radical (unpaired) electrons. The number of rotatable bonds is 3. The van der Waals surface area contributed by atoms with Gasteiger partial charge in [-0.1, -0.05) is 37.6 Å². The molecule has 1 nitrogen and oxygen atoms in total. The third-order valence-corrected chi connectivity index (χ3v) is 2.21. The summed E-state index contributed by atoms with van der Waals surface area (Å²) in [5.74, 6) is 1.28. The zero-order chi connectivity index (χ0) is 9.84. The van der Waals surface area contributed by atoms with Crippen molar-refractivity contribution < 1.29 is 4.74 Å². The first-order chi connectivity index (χ1) is 6.16. The average Bonchev–Trinajstić information content (AvgIpc) is 2.08. The smallest absolute Gasteiger partial charge is 0.141 e. The molecule has 0 aromatic heterocycles. The van der Waals surface area contributed by atoms with Crippen molar-refractivity contribution >= 4 is 11.6 Å². The summed E-state index contributed by atoms with van der Waals surface area (Å²) in [5.41, 5.74) is 1.18. The van der Waals surface area contributed by atoms with Gasteiger partial charge in [-0.3, -0.25) is 0 Å². The molecule has 0 N–H and O–H groups in total. The standard InChI is InChI=1S/C11H15ClO/c1-4-13-11-9(8(2)3)6-5-7-10(11)12/h5-8H,4H2,1-3H3. The van der Waals surface area contributed by atoms with Crippen molar-refractivity contribution in [2.24, 2.45) is 0 Å². The van der Waals surface area contributed by atoms with Crippen molar-refractivity contribution in [2.45, 2.75) is 26.7 Å². The van der Waals surface area contributed by atoms with E-state index in [4.69, 9.17) is 16.3 Å². The highest BCUT2D eigenvalue weighted by molar-refractivity contribution is 6.32. The van der Waals surface area contributed by atoms with Gasteiger partial charge in [0, 0.05) is 0 Å². The maximum atomic E-state index is 6.03. The van der Waals surface area contributed by atoms with Crippen LogP contribution in [0.15, 0.2) is 18.2 Å². The van der Waals surface area contributed by atoms with E-state index in [0.717, 1.165) is 5.75 Å². The highest BCUT2D eigenvalue weighted by atomic mass is 35.5. The van der Waals surface area contributed by atoms with E-state index in [-0.39, 0.29) is 0 Å². The fourth-order valence-corrected chi connectivity index (χ4v) is 1.51. The van der Waals surface area contributed by atoms with Crippen LogP contribution in [0.5, 0.6) is 5.75 Å². The van der Waals surface area contributed by atoms with Gasteiger partial charge in [0.2, 0.25) is 0 Å². The van der Waals surface area contributed by atoms with E-state index in [1.165, 1.54) is 5.56 Å². The Morgan fingerprint density at radius 2 is 2.08 bits per heavy atom. The molecule has 0 aliphatic carbocycles. The first kappa shape index (κ1) is 10.4. The van der Waals surface area contributed by atoms with E-state index < -0.39 is 0 Å². The fourth-order valence-electron chi connectivity index (χ4n) is 1.28. The maximum absolute atomic E-state index is 6.03. The van der Waals surface area contributed by atoms with Crippen molar-refractivity contribution in [1.29, 1.82) is 0 Å². The quantitative estimate of drug-likeness (QED) is 0.717. The average molecular weight is 199 g/mol. The number of benzene rings is 1. The van der Waals surface area contributed by atoms with Gasteiger partial charge in [-0.2, -0.15) is 0 Å². The van der Waals surface area contributed by atoms with Gasteiger partial charge in [0.1, 0.15) is 5.75 Å². The van der Waals surface area contributed by atoms with Crippen LogP contribution in [0.2, 0.25) is 5.02 Å². The van der Waals surface area contributed by atoms with Crippen LogP contribution in [0.4, 0.5) is 0 Å². The van der Waals surface area contributed by atoms with Crippen LogP contribution in [-0.4, -0.2) is 6.61 Å². The van der Waals surface area contributed by atoms with Crippen LogP contribution < -0.4 is 4.74 Å².